The number of hydrogen-bond donors (Lipinski definition) is 1. The zero-order chi connectivity index (χ0) is 15.6. The predicted octanol–water partition coefficient (Wildman–Crippen LogP) is 2.52. The van der Waals surface area contributed by atoms with Gasteiger partial charge in [-0.1, -0.05) is 13.8 Å². The van der Waals surface area contributed by atoms with Gasteiger partial charge in [-0.2, -0.15) is 0 Å². The number of likely N-dealkylation sites (tertiary alicyclic amines) is 1. The van der Waals surface area contributed by atoms with E-state index in [4.69, 9.17) is 5.11 Å². The van der Waals surface area contributed by atoms with Crippen LogP contribution in [-0.2, 0) is 4.79 Å². The summed E-state index contributed by atoms with van der Waals surface area (Å²) >= 11 is 0. The first kappa shape index (κ1) is 16.1. The van der Waals surface area contributed by atoms with E-state index in [0.717, 1.165) is 31.8 Å². The first-order valence-corrected chi connectivity index (χ1v) is 8.10. The molecule has 2 aliphatic rings. The van der Waals surface area contributed by atoms with E-state index < -0.39 is 5.97 Å². The Bertz CT molecular complexity index is 399. The van der Waals surface area contributed by atoms with Gasteiger partial charge in [-0.25, -0.2) is 4.79 Å². The molecule has 0 aromatic rings. The molecule has 1 aliphatic carbocycles. The summed E-state index contributed by atoms with van der Waals surface area (Å²) in [5.74, 6) is 1.13. The maximum atomic E-state index is 12.5. The maximum Gasteiger partial charge on any atom is 0.319 e. The molecule has 1 saturated heterocycles. The molecule has 0 aromatic heterocycles. The van der Waals surface area contributed by atoms with Gasteiger partial charge in [-0.15, -0.1) is 0 Å². The largest absolute Gasteiger partial charge is 0.481 e. The lowest BCUT2D eigenvalue weighted by Gasteiger charge is -2.37. The molecule has 21 heavy (non-hydrogen) atoms. The molecule has 2 rings (SSSR count). The van der Waals surface area contributed by atoms with Gasteiger partial charge >= 0.3 is 12.0 Å². The van der Waals surface area contributed by atoms with Crippen LogP contribution in [0.15, 0.2) is 0 Å². The van der Waals surface area contributed by atoms with Gasteiger partial charge in [-0.3, -0.25) is 4.79 Å². The number of carboxylic acids is 1. The molecule has 0 bridgehead atoms. The van der Waals surface area contributed by atoms with Crippen molar-refractivity contribution < 1.29 is 14.7 Å². The Kier molecular flexibility index (Phi) is 5.12. The smallest absolute Gasteiger partial charge is 0.319 e. The van der Waals surface area contributed by atoms with Crippen molar-refractivity contribution in [1.29, 1.82) is 0 Å². The Labute approximate surface area is 127 Å². The number of piperidine rings is 1. The van der Waals surface area contributed by atoms with Crippen LogP contribution in [0.4, 0.5) is 4.79 Å². The van der Waals surface area contributed by atoms with Crippen LogP contribution in [0.1, 0.15) is 39.5 Å². The number of nitrogens with zero attached hydrogens (tertiary/aromatic N) is 2. The summed E-state index contributed by atoms with van der Waals surface area (Å²) in [5, 5.41) is 8.92. The topological polar surface area (TPSA) is 60.9 Å². The molecule has 1 aliphatic heterocycles. The molecule has 2 amide bonds. The number of amides is 2. The van der Waals surface area contributed by atoms with E-state index in [1.807, 2.05) is 23.8 Å². The fraction of sp³-hybridized carbons (Fsp3) is 0.875. The molecule has 1 N–H and O–H groups in total. The summed E-state index contributed by atoms with van der Waals surface area (Å²) in [5.41, 5.74) is 0. The van der Waals surface area contributed by atoms with E-state index in [2.05, 4.69) is 6.92 Å². The van der Waals surface area contributed by atoms with Crippen molar-refractivity contribution in [2.45, 2.75) is 39.5 Å². The lowest BCUT2D eigenvalue weighted by atomic mass is 9.85. The van der Waals surface area contributed by atoms with Crippen LogP contribution in [0, 0.1) is 23.7 Å². The lowest BCUT2D eigenvalue weighted by molar-refractivity contribution is -0.138. The van der Waals surface area contributed by atoms with Crippen molar-refractivity contribution in [3.63, 3.8) is 0 Å². The molecule has 4 unspecified atom stereocenters. The average Bonchev–Trinajstić information content (AvgIpc) is 3.12. The number of hydrogen-bond acceptors (Lipinski definition) is 2. The summed E-state index contributed by atoms with van der Waals surface area (Å²) in [6, 6.07) is 0.112. The summed E-state index contributed by atoms with van der Waals surface area (Å²) in [4.78, 5) is 27.1. The van der Waals surface area contributed by atoms with Gasteiger partial charge in [0.2, 0.25) is 0 Å². The third kappa shape index (κ3) is 4.35. The molecule has 0 spiro atoms. The standard InChI is InChI=1S/C16H28N2O3/c1-11-7-14(11)9-17(3)16(21)18-6-4-5-13(10-18)12(2)8-15(19)20/h11-14H,4-10H2,1-3H3,(H,19,20). The van der Waals surface area contributed by atoms with Gasteiger partial charge in [0, 0.05) is 33.1 Å². The number of rotatable bonds is 5. The second-order valence-electron chi connectivity index (χ2n) is 7.06. The molecule has 5 nitrogen and oxygen atoms in total. The van der Waals surface area contributed by atoms with Crippen molar-refractivity contribution in [3.8, 4) is 0 Å². The minimum atomic E-state index is -0.745. The van der Waals surface area contributed by atoms with Crippen LogP contribution in [0.3, 0.4) is 0 Å². The summed E-state index contributed by atoms with van der Waals surface area (Å²) < 4.78 is 0. The molecule has 0 radical (unpaired) electrons. The van der Waals surface area contributed by atoms with Crippen LogP contribution in [-0.4, -0.2) is 53.6 Å². The third-order valence-corrected chi connectivity index (χ3v) is 5.14. The minimum Gasteiger partial charge on any atom is -0.481 e. The normalized spacial score (nSPS) is 29.9. The van der Waals surface area contributed by atoms with Gasteiger partial charge in [-0.05, 0) is 42.9 Å². The van der Waals surface area contributed by atoms with Crippen molar-refractivity contribution in [2.24, 2.45) is 23.7 Å². The van der Waals surface area contributed by atoms with Crippen molar-refractivity contribution in [2.75, 3.05) is 26.7 Å². The van der Waals surface area contributed by atoms with Gasteiger partial charge in [0.25, 0.3) is 0 Å². The van der Waals surface area contributed by atoms with Crippen LogP contribution in [0.25, 0.3) is 0 Å². The van der Waals surface area contributed by atoms with E-state index in [1.54, 1.807) is 0 Å². The molecular formula is C16H28N2O3. The Balaban J connectivity index is 1.84. The second kappa shape index (κ2) is 6.67. The van der Waals surface area contributed by atoms with Crippen molar-refractivity contribution in [3.05, 3.63) is 0 Å². The van der Waals surface area contributed by atoms with Gasteiger partial charge in [0.05, 0.1) is 0 Å². The number of aliphatic carboxylic acids is 1. The third-order valence-electron chi connectivity index (χ3n) is 5.14. The van der Waals surface area contributed by atoms with Crippen molar-refractivity contribution >= 4 is 12.0 Å². The fourth-order valence-electron chi connectivity index (χ4n) is 3.42. The number of carbonyl (C=O) groups excluding carboxylic acids is 1. The monoisotopic (exact) mass is 296 g/mol. The fourth-order valence-corrected chi connectivity index (χ4v) is 3.42. The molecule has 1 saturated carbocycles. The number of carbonyl (C=O) groups is 2. The summed E-state index contributed by atoms with van der Waals surface area (Å²) in [7, 11) is 1.89. The Morgan fingerprint density at radius 1 is 1.43 bits per heavy atom. The zero-order valence-electron chi connectivity index (χ0n) is 13.4. The number of carboxylic acid groups (broad SMARTS) is 1. The predicted molar refractivity (Wildman–Crippen MR) is 81.0 cm³/mol. The highest BCUT2D eigenvalue weighted by Gasteiger charge is 2.36. The van der Waals surface area contributed by atoms with Crippen LogP contribution >= 0.6 is 0 Å². The molecular weight excluding hydrogens is 268 g/mol. The van der Waals surface area contributed by atoms with E-state index in [-0.39, 0.29) is 18.4 Å². The van der Waals surface area contributed by atoms with Gasteiger partial charge in [0.15, 0.2) is 0 Å². The number of urea groups is 1. The highest BCUT2D eigenvalue weighted by molar-refractivity contribution is 5.74. The van der Waals surface area contributed by atoms with Crippen LogP contribution in [0.5, 0.6) is 0 Å². The quantitative estimate of drug-likeness (QED) is 0.848. The first-order chi connectivity index (χ1) is 9.88. The summed E-state index contributed by atoms with van der Waals surface area (Å²) in [6.07, 6.45) is 3.44. The molecule has 0 aromatic carbocycles. The average molecular weight is 296 g/mol. The van der Waals surface area contributed by atoms with E-state index in [1.165, 1.54) is 6.42 Å². The first-order valence-electron chi connectivity index (χ1n) is 8.10. The highest BCUT2D eigenvalue weighted by Crippen LogP contribution is 2.38. The molecule has 5 heteroatoms. The molecule has 2 fully saturated rings. The summed E-state index contributed by atoms with van der Waals surface area (Å²) in [6.45, 7) is 6.58. The van der Waals surface area contributed by atoms with Gasteiger partial charge in [0.1, 0.15) is 0 Å². The van der Waals surface area contributed by atoms with E-state index >= 15 is 0 Å². The van der Waals surface area contributed by atoms with Crippen LogP contribution in [0.2, 0.25) is 0 Å². The van der Waals surface area contributed by atoms with Crippen LogP contribution < -0.4 is 0 Å². The minimum absolute atomic E-state index is 0.112. The van der Waals surface area contributed by atoms with Crippen molar-refractivity contribution in [1.82, 2.24) is 9.80 Å². The van der Waals surface area contributed by atoms with E-state index in [0.29, 0.717) is 18.4 Å². The zero-order valence-corrected chi connectivity index (χ0v) is 13.4. The SMILES string of the molecule is CC1CC1CN(C)C(=O)N1CCCC(C(C)CC(=O)O)C1. The molecule has 120 valence electrons. The second-order valence-corrected chi connectivity index (χ2v) is 7.06. The molecule has 1 heterocycles. The Morgan fingerprint density at radius 3 is 2.67 bits per heavy atom. The highest BCUT2D eigenvalue weighted by atomic mass is 16.4. The maximum absolute atomic E-state index is 12.5. The lowest BCUT2D eigenvalue weighted by Crippen LogP contribution is -2.47. The van der Waals surface area contributed by atoms with Gasteiger partial charge < -0.3 is 14.9 Å². The Hall–Kier alpha value is -1.26. The Morgan fingerprint density at radius 2 is 2.10 bits per heavy atom. The van der Waals surface area contributed by atoms with E-state index in [9.17, 15) is 9.59 Å². The molecule has 4 atom stereocenters.